The summed E-state index contributed by atoms with van der Waals surface area (Å²) in [7, 11) is 0. The molecule has 0 unspecified atom stereocenters. The highest BCUT2D eigenvalue weighted by atomic mass is 35.5. The third kappa shape index (κ3) is 5.55. The molecule has 1 aliphatic heterocycles. The Labute approximate surface area is 154 Å². The lowest BCUT2D eigenvalue weighted by Crippen LogP contribution is -2.46. The molecule has 0 aliphatic carbocycles. The summed E-state index contributed by atoms with van der Waals surface area (Å²) >= 11 is 0. The molecule has 0 radical (unpaired) electrons. The molecule has 0 N–H and O–H groups in total. The normalized spacial score (nSPS) is 14.8. The Morgan fingerprint density at radius 2 is 1.56 bits per heavy atom. The number of hydrogen-bond acceptors (Lipinski definition) is 3. The minimum absolute atomic E-state index is 0. The van der Waals surface area contributed by atoms with Gasteiger partial charge in [-0.05, 0) is 49.4 Å². The SMILES string of the molecule is Cl.O=C(CCCN1CCN(c2ccccc2)CC1)c1ccc(F)cc1. The number of carbonyl (C=O) groups is 1. The van der Waals surface area contributed by atoms with Gasteiger partial charge in [-0.25, -0.2) is 4.39 Å². The van der Waals surface area contributed by atoms with E-state index in [9.17, 15) is 9.18 Å². The van der Waals surface area contributed by atoms with Gasteiger partial charge in [0, 0.05) is 43.9 Å². The van der Waals surface area contributed by atoms with Gasteiger partial charge in [0.2, 0.25) is 0 Å². The van der Waals surface area contributed by atoms with Gasteiger partial charge in [0.05, 0.1) is 0 Å². The van der Waals surface area contributed by atoms with Crippen LogP contribution in [0.15, 0.2) is 54.6 Å². The lowest BCUT2D eigenvalue weighted by Gasteiger charge is -2.36. The van der Waals surface area contributed by atoms with Crippen molar-refractivity contribution in [2.75, 3.05) is 37.6 Å². The molecule has 1 saturated heterocycles. The lowest BCUT2D eigenvalue weighted by atomic mass is 10.1. The molecule has 134 valence electrons. The Morgan fingerprint density at radius 3 is 2.20 bits per heavy atom. The molecule has 5 heteroatoms. The summed E-state index contributed by atoms with van der Waals surface area (Å²) < 4.78 is 12.9. The van der Waals surface area contributed by atoms with E-state index in [1.807, 2.05) is 6.07 Å². The van der Waals surface area contributed by atoms with Crippen molar-refractivity contribution < 1.29 is 9.18 Å². The fourth-order valence-electron chi connectivity index (χ4n) is 3.11. The molecule has 25 heavy (non-hydrogen) atoms. The molecule has 2 aromatic carbocycles. The van der Waals surface area contributed by atoms with E-state index in [4.69, 9.17) is 0 Å². The molecule has 3 nitrogen and oxygen atoms in total. The number of carbonyl (C=O) groups excluding carboxylic acids is 1. The Bertz CT molecular complexity index is 655. The fraction of sp³-hybridized carbons (Fsp3) is 0.350. The fourth-order valence-corrected chi connectivity index (χ4v) is 3.11. The van der Waals surface area contributed by atoms with E-state index in [0.717, 1.165) is 39.1 Å². The zero-order valence-corrected chi connectivity index (χ0v) is 15.1. The van der Waals surface area contributed by atoms with Gasteiger partial charge in [-0.3, -0.25) is 9.69 Å². The topological polar surface area (TPSA) is 23.6 Å². The summed E-state index contributed by atoms with van der Waals surface area (Å²) in [4.78, 5) is 16.9. The van der Waals surface area contributed by atoms with Gasteiger partial charge in [0.25, 0.3) is 0 Å². The quantitative estimate of drug-likeness (QED) is 0.725. The number of anilines is 1. The van der Waals surface area contributed by atoms with Gasteiger partial charge >= 0.3 is 0 Å². The molecular formula is C20H24ClFN2O. The largest absolute Gasteiger partial charge is 0.369 e. The number of ketones is 1. The number of rotatable bonds is 6. The van der Waals surface area contributed by atoms with Crippen molar-refractivity contribution >= 4 is 23.9 Å². The highest BCUT2D eigenvalue weighted by Gasteiger charge is 2.17. The number of piperazine rings is 1. The van der Waals surface area contributed by atoms with Crippen molar-refractivity contribution in [2.24, 2.45) is 0 Å². The third-order valence-electron chi connectivity index (χ3n) is 4.54. The van der Waals surface area contributed by atoms with Crippen LogP contribution in [0.3, 0.4) is 0 Å². The molecule has 0 amide bonds. The van der Waals surface area contributed by atoms with Gasteiger partial charge in [0.15, 0.2) is 5.78 Å². The Morgan fingerprint density at radius 1 is 0.920 bits per heavy atom. The Kier molecular flexibility index (Phi) is 7.41. The first-order chi connectivity index (χ1) is 11.7. The number of para-hydroxylation sites is 1. The molecule has 2 aromatic rings. The monoisotopic (exact) mass is 362 g/mol. The number of benzene rings is 2. The predicted molar refractivity (Wildman–Crippen MR) is 102 cm³/mol. The van der Waals surface area contributed by atoms with Gasteiger partial charge in [0.1, 0.15) is 5.82 Å². The van der Waals surface area contributed by atoms with Crippen LogP contribution in [0.2, 0.25) is 0 Å². The second kappa shape index (κ2) is 9.54. The van der Waals surface area contributed by atoms with Crippen LogP contribution in [-0.2, 0) is 0 Å². The van der Waals surface area contributed by atoms with Crippen LogP contribution in [0.1, 0.15) is 23.2 Å². The number of hydrogen-bond donors (Lipinski definition) is 0. The number of Topliss-reactive ketones (excluding diaryl/α,β-unsaturated/α-hetero) is 1. The van der Waals surface area contributed by atoms with Crippen LogP contribution in [0.4, 0.5) is 10.1 Å². The molecule has 1 aliphatic rings. The van der Waals surface area contributed by atoms with Crippen molar-refractivity contribution in [3.05, 3.63) is 66.0 Å². The van der Waals surface area contributed by atoms with E-state index in [1.165, 1.54) is 17.8 Å². The summed E-state index contributed by atoms with van der Waals surface area (Å²) in [5, 5.41) is 0. The van der Waals surface area contributed by atoms with E-state index in [2.05, 4.69) is 34.1 Å². The number of nitrogens with zero attached hydrogens (tertiary/aromatic N) is 2. The van der Waals surface area contributed by atoms with E-state index >= 15 is 0 Å². The van der Waals surface area contributed by atoms with Crippen molar-refractivity contribution in [3.8, 4) is 0 Å². The maximum absolute atomic E-state index is 12.9. The smallest absolute Gasteiger partial charge is 0.162 e. The Balaban J connectivity index is 0.00000225. The van der Waals surface area contributed by atoms with Crippen molar-refractivity contribution in [1.29, 1.82) is 0 Å². The van der Waals surface area contributed by atoms with Crippen LogP contribution in [0.5, 0.6) is 0 Å². The van der Waals surface area contributed by atoms with Crippen LogP contribution in [-0.4, -0.2) is 43.4 Å². The van der Waals surface area contributed by atoms with E-state index < -0.39 is 0 Å². The van der Waals surface area contributed by atoms with Crippen LogP contribution >= 0.6 is 12.4 Å². The van der Waals surface area contributed by atoms with Crippen molar-refractivity contribution in [1.82, 2.24) is 4.90 Å². The second-order valence-electron chi connectivity index (χ2n) is 6.20. The summed E-state index contributed by atoms with van der Waals surface area (Å²) in [5.74, 6) is -0.208. The van der Waals surface area contributed by atoms with Crippen LogP contribution in [0.25, 0.3) is 0 Å². The summed E-state index contributed by atoms with van der Waals surface area (Å²) in [6.45, 7) is 5.04. The first kappa shape index (κ1) is 19.4. The zero-order chi connectivity index (χ0) is 16.8. The average molecular weight is 363 g/mol. The molecule has 1 heterocycles. The minimum Gasteiger partial charge on any atom is -0.369 e. The number of halogens is 2. The minimum atomic E-state index is -0.303. The highest BCUT2D eigenvalue weighted by Crippen LogP contribution is 2.16. The average Bonchev–Trinajstić information content (AvgIpc) is 2.63. The van der Waals surface area contributed by atoms with Gasteiger partial charge in [-0.2, -0.15) is 0 Å². The summed E-state index contributed by atoms with van der Waals surface area (Å²) in [6.07, 6.45) is 1.37. The highest BCUT2D eigenvalue weighted by molar-refractivity contribution is 5.95. The molecule has 0 atom stereocenters. The van der Waals surface area contributed by atoms with Gasteiger partial charge in [-0.1, -0.05) is 18.2 Å². The second-order valence-corrected chi connectivity index (χ2v) is 6.20. The van der Waals surface area contributed by atoms with Crippen molar-refractivity contribution in [3.63, 3.8) is 0 Å². The van der Waals surface area contributed by atoms with Crippen LogP contribution < -0.4 is 4.90 Å². The summed E-state index contributed by atoms with van der Waals surface area (Å²) in [6, 6.07) is 16.3. The van der Waals surface area contributed by atoms with Gasteiger partial charge in [-0.15, -0.1) is 12.4 Å². The first-order valence-electron chi connectivity index (χ1n) is 8.53. The molecule has 0 saturated carbocycles. The third-order valence-corrected chi connectivity index (χ3v) is 4.54. The predicted octanol–water partition coefficient (Wildman–Crippen LogP) is 4.03. The first-order valence-corrected chi connectivity index (χ1v) is 8.53. The standard InChI is InChI=1S/C20H23FN2O.ClH/c21-18-10-8-17(9-11-18)20(24)7-4-12-22-13-15-23(16-14-22)19-5-2-1-3-6-19;/h1-3,5-6,8-11H,4,7,12-16H2;1H. The molecule has 0 bridgehead atoms. The maximum atomic E-state index is 12.9. The molecule has 0 spiro atoms. The molecule has 3 rings (SSSR count). The lowest BCUT2D eigenvalue weighted by molar-refractivity contribution is 0.0974. The van der Waals surface area contributed by atoms with Gasteiger partial charge < -0.3 is 4.90 Å². The van der Waals surface area contributed by atoms with E-state index in [0.29, 0.717) is 12.0 Å². The van der Waals surface area contributed by atoms with Crippen molar-refractivity contribution in [2.45, 2.75) is 12.8 Å². The van der Waals surface area contributed by atoms with E-state index in [1.54, 1.807) is 12.1 Å². The zero-order valence-electron chi connectivity index (χ0n) is 14.2. The maximum Gasteiger partial charge on any atom is 0.162 e. The van der Waals surface area contributed by atoms with E-state index in [-0.39, 0.29) is 24.0 Å². The molecule has 1 fully saturated rings. The van der Waals surface area contributed by atoms with Crippen LogP contribution in [0, 0.1) is 5.82 Å². The molecule has 0 aromatic heterocycles. The Hall–Kier alpha value is -1.91. The summed E-state index contributed by atoms with van der Waals surface area (Å²) in [5.41, 5.74) is 1.88. The molecular weight excluding hydrogens is 339 g/mol.